The molecule has 0 saturated carbocycles. The molecule has 0 radical (unpaired) electrons. The molecule has 0 spiro atoms. The van der Waals surface area contributed by atoms with E-state index in [-0.39, 0.29) is 5.70 Å². The van der Waals surface area contributed by atoms with Gasteiger partial charge in [0.25, 0.3) is 5.70 Å². The van der Waals surface area contributed by atoms with Gasteiger partial charge in [-0.2, -0.15) is 0 Å². The van der Waals surface area contributed by atoms with Gasteiger partial charge in [-0.05, 0) is 40.7 Å². The second kappa shape index (κ2) is 7.81. The molecule has 0 aromatic rings. The summed E-state index contributed by atoms with van der Waals surface area (Å²) in [7, 11) is 3.22. The van der Waals surface area contributed by atoms with Gasteiger partial charge in [-0.25, -0.2) is 0 Å². The molecule has 0 heterocycles. The fourth-order valence-corrected chi connectivity index (χ4v) is 2.47. The Morgan fingerprint density at radius 3 is 1.79 bits per heavy atom. The maximum absolute atomic E-state index is 11.3. The molecular weight excluding hydrogens is 310 g/mol. The maximum Gasteiger partial charge on any atom is 0.274 e. The molecule has 0 amide bonds. The largest absolute Gasteiger partial charge is 0.382 e. The Labute approximate surface area is 143 Å². The van der Waals surface area contributed by atoms with Crippen molar-refractivity contribution in [3.8, 4) is 0 Å². The van der Waals surface area contributed by atoms with E-state index < -0.39 is 16.0 Å². The monoisotopic (exact) mass is 337 g/mol. The van der Waals surface area contributed by atoms with Crippen molar-refractivity contribution < 1.29 is 14.4 Å². The number of allylic oxidation sites excluding steroid dienone is 3. The number of nitro groups is 1. The van der Waals surface area contributed by atoms with Crippen molar-refractivity contribution in [1.29, 1.82) is 0 Å². The molecule has 7 heteroatoms. The van der Waals surface area contributed by atoms with Gasteiger partial charge in [0.2, 0.25) is 0 Å². The lowest BCUT2D eigenvalue weighted by Gasteiger charge is -2.24. The molecule has 1 aliphatic rings. The predicted octanol–water partition coefficient (Wildman–Crippen LogP) is 2.84. The lowest BCUT2D eigenvalue weighted by Crippen LogP contribution is -2.32. The first-order valence-electron chi connectivity index (χ1n) is 7.74. The Kier molecular flexibility index (Phi) is 6.57. The summed E-state index contributed by atoms with van der Waals surface area (Å²) in [5.74, 6) is 0. The molecule has 134 valence electrons. The highest BCUT2D eigenvalue weighted by molar-refractivity contribution is 6.51. The van der Waals surface area contributed by atoms with Gasteiger partial charge in [0.15, 0.2) is 0 Å². The standard InChI is InChI=1S/C17H27N3O4/c1-12-8-13(18-16(2,3)10-23-6)14(9-15(12)20(21)22)19-17(4,5)11-24-7/h8-9H,10-11H2,1-7H3. The molecule has 0 aliphatic heterocycles. The van der Waals surface area contributed by atoms with Gasteiger partial charge in [-0.15, -0.1) is 0 Å². The number of hydrogen-bond acceptors (Lipinski definition) is 6. The summed E-state index contributed by atoms with van der Waals surface area (Å²) in [5, 5.41) is 11.3. The summed E-state index contributed by atoms with van der Waals surface area (Å²) in [6, 6.07) is 0. The molecule has 0 atom stereocenters. The molecule has 7 nitrogen and oxygen atoms in total. The van der Waals surface area contributed by atoms with Gasteiger partial charge in [0, 0.05) is 25.9 Å². The van der Waals surface area contributed by atoms with Gasteiger partial charge in [0.1, 0.15) is 0 Å². The van der Waals surface area contributed by atoms with Crippen LogP contribution in [-0.4, -0.2) is 54.9 Å². The molecule has 0 saturated heterocycles. The van der Waals surface area contributed by atoms with Gasteiger partial charge in [0.05, 0.1) is 40.6 Å². The van der Waals surface area contributed by atoms with Crippen LogP contribution in [0.5, 0.6) is 0 Å². The Balaban J connectivity index is 3.42. The van der Waals surface area contributed by atoms with Crippen LogP contribution in [0.1, 0.15) is 34.6 Å². The molecule has 24 heavy (non-hydrogen) atoms. The zero-order valence-electron chi connectivity index (χ0n) is 15.5. The molecule has 0 aromatic heterocycles. The lowest BCUT2D eigenvalue weighted by atomic mass is 9.98. The van der Waals surface area contributed by atoms with Crippen LogP contribution in [-0.2, 0) is 9.47 Å². The van der Waals surface area contributed by atoms with Crippen molar-refractivity contribution >= 4 is 11.4 Å². The Hall–Kier alpha value is -1.86. The summed E-state index contributed by atoms with van der Waals surface area (Å²) in [5.41, 5.74) is 0.698. The van der Waals surface area contributed by atoms with Crippen LogP contribution in [0.2, 0.25) is 0 Å². The molecule has 0 aromatic carbocycles. The average Bonchev–Trinajstić information content (AvgIpc) is 2.40. The Bertz CT molecular complexity index is 613. The summed E-state index contributed by atoms with van der Waals surface area (Å²) in [6.07, 6.45) is 3.19. The first-order valence-corrected chi connectivity index (χ1v) is 7.74. The van der Waals surface area contributed by atoms with Crippen molar-refractivity contribution in [3.63, 3.8) is 0 Å². The van der Waals surface area contributed by atoms with E-state index in [1.165, 1.54) is 6.08 Å². The highest BCUT2D eigenvalue weighted by Crippen LogP contribution is 2.21. The Morgan fingerprint density at radius 1 is 1.00 bits per heavy atom. The summed E-state index contributed by atoms with van der Waals surface area (Å²) in [6.45, 7) is 10.2. The second-order valence-electron chi connectivity index (χ2n) is 7.10. The van der Waals surface area contributed by atoms with Crippen molar-refractivity contribution in [3.05, 3.63) is 33.5 Å². The quantitative estimate of drug-likeness (QED) is 0.406. The van der Waals surface area contributed by atoms with E-state index in [4.69, 9.17) is 14.5 Å². The minimum absolute atomic E-state index is 0.0328. The van der Waals surface area contributed by atoms with Crippen molar-refractivity contribution in [2.24, 2.45) is 9.98 Å². The van der Waals surface area contributed by atoms with E-state index in [2.05, 4.69) is 4.99 Å². The SMILES string of the molecule is COCC(C)(C)N=C1C=C(C)C([N+](=O)[O-])=CC1=NC(C)(C)COC. The Morgan fingerprint density at radius 2 is 1.42 bits per heavy atom. The zero-order valence-corrected chi connectivity index (χ0v) is 15.5. The van der Waals surface area contributed by atoms with E-state index in [0.29, 0.717) is 30.2 Å². The highest BCUT2D eigenvalue weighted by atomic mass is 16.6. The number of aliphatic imine (C=N–C) groups is 2. The normalized spacial score (nSPS) is 19.5. The summed E-state index contributed by atoms with van der Waals surface area (Å²) < 4.78 is 10.4. The lowest BCUT2D eigenvalue weighted by molar-refractivity contribution is -0.420. The van der Waals surface area contributed by atoms with Gasteiger partial charge in [-0.3, -0.25) is 20.1 Å². The van der Waals surface area contributed by atoms with Crippen molar-refractivity contribution in [2.45, 2.75) is 45.7 Å². The fourth-order valence-electron chi connectivity index (χ4n) is 2.47. The molecule has 0 fully saturated rings. The van der Waals surface area contributed by atoms with E-state index in [1.54, 1.807) is 27.2 Å². The van der Waals surface area contributed by atoms with Gasteiger partial charge >= 0.3 is 0 Å². The zero-order chi connectivity index (χ0) is 18.5. The van der Waals surface area contributed by atoms with Crippen LogP contribution in [0.15, 0.2) is 33.4 Å². The third-order valence-corrected chi connectivity index (χ3v) is 3.33. The molecule has 0 unspecified atom stereocenters. The minimum Gasteiger partial charge on any atom is -0.382 e. The molecule has 0 N–H and O–H groups in total. The van der Waals surface area contributed by atoms with Crippen LogP contribution in [0.4, 0.5) is 0 Å². The molecule has 1 rings (SSSR count). The third-order valence-electron chi connectivity index (χ3n) is 3.33. The highest BCUT2D eigenvalue weighted by Gasteiger charge is 2.27. The topological polar surface area (TPSA) is 86.3 Å². The molecular formula is C17H27N3O4. The fraction of sp³-hybridized carbons (Fsp3) is 0.647. The van der Waals surface area contributed by atoms with E-state index in [1.807, 2.05) is 27.7 Å². The van der Waals surface area contributed by atoms with E-state index >= 15 is 0 Å². The second-order valence-corrected chi connectivity index (χ2v) is 7.10. The van der Waals surface area contributed by atoms with E-state index in [0.717, 1.165) is 0 Å². The first kappa shape index (κ1) is 20.2. The number of ether oxygens (including phenoxy) is 2. The predicted molar refractivity (Wildman–Crippen MR) is 95.6 cm³/mol. The van der Waals surface area contributed by atoms with Crippen molar-refractivity contribution in [2.75, 3.05) is 27.4 Å². The average molecular weight is 337 g/mol. The number of nitrogens with zero attached hydrogens (tertiary/aromatic N) is 3. The van der Waals surface area contributed by atoms with Crippen molar-refractivity contribution in [1.82, 2.24) is 0 Å². The van der Waals surface area contributed by atoms with Crippen LogP contribution in [0.25, 0.3) is 0 Å². The number of hydrogen-bond donors (Lipinski definition) is 0. The van der Waals surface area contributed by atoms with Crippen LogP contribution < -0.4 is 0 Å². The number of methoxy groups -OCH3 is 2. The summed E-state index contributed by atoms with van der Waals surface area (Å²) in [4.78, 5) is 20.2. The third kappa shape index (κ3) is 5.65. The van der Waals surface area contributed by atoms with Crippen LogP contribution in [0, 0.1) is 10.1 Å². The first-order chi connectivity index (χ1) is 11.0. The summed E-state index contributed by atoms with van der Waals surface area (Å²) >= 11 is 0. The van der Waals surface area contributed by atoms with Gasteiger partial charge in [-0.1, -0.05) is 0 Å². The van der Waals surface area contributed by atoms with Gasteiger partial charge < -0.3 is 9.47 Å². The smallest absolute Gasteiger partial charge is 0.274 e. The van der Waals surface area contributed by atoms with Crippen LogP contribution in [0.3, 0.4) is 0 Å². The molecule has 1 aliphatic carbocycles. The number of rotatable bonds is 7. The minimum atomic E-state index is -0.520. The van der Waals surface area contributed by atoms with Crippen LogP contribution >= 0.6 is 0 Å². The maximum atomic E-state index is 11.3. The van der Waals surface area contributed by atoms with E-state index in [9.17, 15) is 10.1 Å². The molecule has 0 bridgehead atoms.